The lowest BCUT2D eigenvalue weighted by atomic mass is 10.0. The predicted octanol–water partition coefficient (Wildman–Crippen LogP) is 12.2. The highest BCUT2D eigenvalue weighted by Gasteiger charge is 2.19. The summed E-state index contributed by atoms with van der Waals surface area (Å²) in [6.45, 7) is 0. The van der Waals surface area contributed by atoms with Crippen molar-refractivity contribution in [3.8, 4) is 45.3 Å². The van der Waals surface area contributed by atoms with Crippen LogP contribution in [0.1, 0.15) is 0 Å². The fourth-order valence-electron chi connectivity index (χ4n) is 8.17. The van der Waals surface area contributed by atoms with Crippen molar-refractivity contribution in [2.24, 2.45) is 0 Å². The van der Waals surface area contributed by atoms with Crippen molar-refractivity contribution in [2.75, 3.05) is 4.90 Å². The molecule has 0 aliphatic carbocycles. The van der Waals surface area contributed by atoms with Crippen LogP contribution < -0.4 is 4.90 Å². The number of hydrogen-bond acceptors (Lipinski definition) is 6. The Balaban J connectivity index is 1.00. The molecular formula is C51H34N8. The van der Waals surface area contributed by atoms with E-state index in [0.717, 1.165) is 50.7 Å². The molecule has 8 heteroatoms. The lowest BCUT2D eigenvalue weighted by molar-refractivity contribution is 1.06. The quantitative estimate of drug-likeness (QED) is 0.154. The molecule has 0 bridgehead atoms. The van der Waals surface area contributed by atoms with Crippen LogP contribution >= 0.6 is 0 Å². The maximum Gasteiger partial charge on any atom is 0.162 e. The first kappa shape index (κ1) is 34.1. The van der Waals surface area contributed by atoms with E-state index in [4.69, 9.17) is 0 Å². The first-order valence-corrected chi connectivity index (χ1v) is 19.5. The lowest BCUT2D eigenvalue weighted by Crippen LogP contribution is -2.10. The topological polar surface area (TPSA) is 77.6 Å². The largest absolute Gasteiger partial charge is 0.316 e. The molecule has 0 atom stereocenters. The van der Waals surface area contributed by atoms with Crippen LogP contribution in [0.4, 0.5) is 17.1 Å². The number of aromatic nitrogens is 7. The molecule has 11 rings (SSSR count). The van der Waals surface area contributed by atoms with Gasteiger partial charge in [-0.3, -0.25) is 0 Å². The summed E-state index contributed by atoms with van der Waals surface area (Å²) in [4.78, 5) is 23.8. The van der Waals surface area contributed by atoms with Gasteiger partial charge >= 0.3 is 0 Å². The molecular weight excluding hydrogens is 725 g/mol. The Kier molecular flexibility index (Phi) is 8.29. The van der Waals surface area contributed by atoms with Crippen molar-refractivity contribution in [2.45, 2.75) is 0 Å². The molecule has 4 aromatic heterocycles. The third kappa shape index (κ3) is 6.07. The molecule has 0 radical (unpaired) electrons. The number of anilines is 3. The van der Waals surface area contributed by atoms with Gasteiger partial charge < -0.3 is 14.0 Å². The molecule has 0 unspecified atom stereocenters. The van der Waals surface area contributed by atoms with E-state index in [1.54, 1.807) is 12.4 Å². The highest BCUT2D eigenvalue weighted by molar-refractivity contribution is 6.19. The molecule has 8 nitrogen and oxygen atoms in total. The number of fused-ring (bicyclic) bond motifs is 5. The van der Waals surface area contributed by atoms with Crippen LogP contribution in [0.5, 0.6) is 0 Å². The van der Waals surface area contributed by atoms with Gasteiger partial charge in [0, 0.05) is 74.3 Å². The van der Waals surface area contributed by atoms with E-state index >= 15 is 0 Å². The molecule has 0 aliphatic heterocycles. The van der Waals surface area contributed by atoms with Crippen LogP contribution in [0.15, 0.2) is 207 Å². The third-order valence-electron chi connectivity index (χ3n) is 10.9. The Morgan fingerprint density at radius 3 is 1.56 bits per heavy atom. The van der Waals surface area contributed by atoms with E-state index in [0.29, 0.717) is 11.6 Å². The maximum atomic E-state index is 4.45. The Labute approximate surface area is 340 Å². The van der Waals surface area contributed by atoms with Crippen molar-refractivity contribution in [3.05, 3.63) is 207 Å². The van der Waals surface area contributed by atoms with E-state index in [1.165, 1.54) is 45.4 Å². The van der Waals surface area contributed by atoms with Crippen LogP contribution in [0.3, 0.4) is 0 Å². The minimum Gasteiger partial charge on any atom is -0.316 e. The first-order chi connectivity index (χ1) is 29.3. The summed E-state index contributed by atoms with van der Waals surface area (Å²) in [5.74, 6) is 1.32. The normalized spacial score (nSPS) is 11.4. The molecule has 0 spiro atoms. The van der Waals surface area contributed by atoms with Crippen molar-refractivity contribution in [1.82, 2.24) is 34.1 Å². The van der Waals surface area contributed by atoms with Crippen molar-refractivity contribution < 1.29 is 0 Å². The van der Waals surface area contributed by atoms with Gasteiger partial charge in [0.25, 0.3) is 0 Å². The second kappa shape index (κ2) is 14.4. The van der Waals surface area contributed by atoms with E-state index in [9.17, 15) is 0 Å². The molecule has 0 saturated carbocycles. The van der Waals surface area contributed by atoms with Gasteiger partial charge in [0.1, 0.15) is 12.7 Å². The average Bonchev–Trinajstić information content (AvgIpc) is 3.90. The zero-order chi connectivity index (χ0) is 39.1. The van der Waals surface area contributed by atoms with Gasteiger partial charge in [-0.05, 0) is 126 Å². The molecule has 0 aliphatic rings. The van der Waals surface area contributed by atoms with Gasteiger partial charge in [-0.15, -0.1) is 0 Å². The molecule has 11 aromatic rings. The zero-order valence-corrected chi connectivity index (χ0v) is 31.7. The predicted molar refractivity (Wildman–Crippen MR) is 238 cm³/mol. The summed E-state index contributed by atoms with van der Waals surface area (Å²) in [5.41, 5.74) is 13.0. The summed E-state index contributed by atoms with van der Waals surface area (Å²) in [5, 5.41) is 3.64. The maximum absolute atomic E-state index is 4.45. The molecule has 0 N–H and O–H groups in total. The molecule has 278 valence electrons. The number of nitrogens with zero attached hydrogens (tertiary/aromatic N) is 8. The average molecular weight is 759 g/mol. The minimum absolute atomic E-state index is 0.633. The van der Waals surface area contributed by atoms with Crippen molar-refractivity contribution in [3.63, 3.8) is 0 Å². The summed E-state index contributed by atoms with van der Waals surface area (Å²) in [6.07, 6.45) is 8.74. The summed E-state index contributed by atoms with van der Waals surface area (Å²) < 4.78 is 4.68. The fraction of sp³-hybridized carbons (Fsp3) is 0. The van der Waals surface area contributed by atoms with Crippen LogP contribution in [0.25, 0.3) is 78.0 Å². The van der Waals surface area contributed by atoms with Crippen LogP contribution in [-0.4, -0.2) is 34.1 Å². The monoisotopic (exact) mass is 758 g/mol. The highest BCUT2D eigenvalue weighted by Crippen LogP contribution is 2.41. The number of hydrogen-bond donors (Lipinski definition) is 0. The summed E-state index contributed by atoms with van der Waals surface area (Å²) in [6, 6.07) is 62.1. The molecule has 0 fully saturated rings. The number of para-hydroxylation sites is 2. The van der Waals surface area contributed by atoms with Crippen LogP contribution in [-0.2, 0) is 0 Å². The standard InChI is InChI=1S/C51H34N8/c1-3-8-39(9-4-1)57-31-28-45-47(57)27-25-44-46-32-38(18-26-48(46)59(49(44)45)40-10-5-2-6-11-40)35-12-19-41(20-13-35)58(42-21-14-36(15-22-42)50-53-29-7-30-54-50)43-23-16-37(17-24-43)51-55-33-52-34-56-51/h1-34H. The fourth-order valence-corrected chi connectivity index (χ4v) is 8.17. The van der Waals surface area contributed by atoms with Gasteiger partial charge in [0.15, 0.2) is 11.6 Å². The molecule has 7 aromatic carbocycles. The second-order valence-electron chi connectivity index (χ2n) is 14.3. The van der Waals surface area contributed by atoms with Crippen LogP contribution in [0.2, 0.25) is 0 Å². The van der Waals surface area contributed by atoms with Crippen molar-refractivity contribution in [1.29, 1.82) is 0 Å². The van der Waals surface area contributed by atoms with Gasteiger partial charge in [-0.25, -0.2) is 24.9 Å². The third-order valence-corrected chi connectivity index (χ3v) is 10.9. The summed E-state index contributed by atoms with van der Waals surface area (Å²) >= 11 is 0. The van der Waals surface area contributed by atoms with Gasteiger partial charge in [0.05, 0.1) is 16.6 Å². The van der Waals surface area contributed by atoms with E-state index in [-0.39, 0.29) is 0 Å². The first-order valence-electron chi connectivity index (χ1n) is 19.5. The van der Waals surface area contributed by atoms with E-state index in [1.807, 2.05) is 18.2 Å². The SMILES string of the molecule is c1ccc(-n2ccc3c2ccc2c4cc(-c5ccc(N(c6ccc(-c7ncccn7)cc6)c6ccc(-c7ncncn7)cc6)cc5)ccc4n(-c4ccccc4)c23)cc1. The zero-order valence-electron chi connectivity index (χ0n) is 31.7. The molecule has 0 amide bonds. The lowest BCUT2D eigenvalue weighted by Gasteiger charge is -2.26. The molecule has 4 heterocycles. The molecule has 0 saturated heterocycles. The smallest absolute Gasteiger partial charge is 0.162 e. The number of rotatable bonds is 8. The Morgan fingerprint density at radius 2 is 0.932 bits per heavy atom. The van der Waals surface area contributed by atoms with Crippen LogP contribution in [0, 0.1) is 0 Å². The highest BCUT2D eigenvalue weighted by atomic mass is 15.1. The number of benzene rings is 7. The Morgan fingerprint density at radius 1 is 0.390 bits per heavy atom. The Hall–Kier alpha value is -8.23. The van der Waals surface area contributed by atoms with Crippen molar-refractivity contribution >= 4 is 49.8 Å². The Bertz CT molecular complexity index is 3130. The minimum atomic E-state index is 0.633. The van der Waals surface area contributed by atoms with E-state index < -0.39 is 0 Å². The van der Waals surface area contributed by atoms with E-state index in [2.05, 4.69) is 203 Å². The van der Waals surface area contributed by atoms with Gasteiger partial charge in [-0.1, -0.05) is 60.7 Å². The summed E-state index contributed by atoms with van der Waals surface area (Å²) in [7, 11) is 0. The second-order valence-corrected chi connectivity index (χ2v) is 14.3. The van der Waals surface area contributed by atoms with Gasteiger partial charge in [0.2, 0.25) is 0 Å². The molecule has 59 heavy (non-hydrogen) atoms. The van der Waals surface area contributed by atoms with Gasteiger partial charge in [-0.2, -0.15) is 0 Å².